The molecule has 2 amide bonds. The lowest BCUT2D eigenvalue weighted by atomic mass is 9.91. The number of aryl methyl sites for hydroxylation is 1. The standard InChI is InChI=1S/C19H28N2O3/c1-13-6-5-7-17(15(13)3)19(23)21-12-16(9-8-14(21)2)18(22)20-10-11-24-4/h5-7,14,16H,8-12H2,1-4H3,(H,20,22)/t14-,16+/m1/s1. The lowest BCUT2D eigenvalue weighted by Gasteiger charge is -2.37. The van der Waals surface area contributed by atoms with Crippen molar-refractivity contribution in [3.63, 3.8) is 0 Å². The first kappa shape index (κ1) is 18.5. The number of ether oxygens (including phenoxy) is 1. The van der Waals surface area contributed by atoms with Gasteiger partial charge in [0.15, 0.2) is 0 Å². The first-order valence-electron chi connectivity index (χ1n) is 8.59. The highest BCUT2D eigenvalue weighted by atomic mass is 16.5. The second-order valence-corrected chi connectivity index (χ2v) is 6.61. The summed E-state index contributed by atoms with van der Waals surface area (Å²) in [5.74, 6) is -0.108. The fraction of sp³-hybridized carbons (Fsp3) is 0.579. The summed E-state index contributed by atoms with van der Waals surface area (Å²) in [7, 11) is 1.61. The molecule has 0 aliphatic carbocycles. The number of likely N-dealkylation sites (tertiary alicyclic amines) is 1. The first-order chi connectivity index (χ1) is 11.5. The van der Waals surface area contributed by atoms with Crippen LogP contribution in [0.2, 0.25) is 0 Å². The summed E-state index contributed by atoms with van der Waals surface area (Å²) in [6, 6.07) is 5.96. The van der Waals surface area contributed by atoms with Crippen LogP contribution in [0.1, 0.15) is 41.3 Å². The Morgan fingerprint density at radius 2 is 2.04 bits per heavy atom. The topological polar surface area (TPSA) is 58.6 Å². The molecule has 0 aromatic heterocycles. The number of methoxy groups -OCH3 is 1. The van der Waals surface area contributed by atoms with E-state index in [-0.39, 0.29) is 23.8 Å². The Balaban J connectivity index is 2.09. The fourth-order valence-electron chi connectivity index (χ4n) is 3.16. The van der Waals surface area contributed by atoms with Crippen molar-refractivity contribution in [2.45, 2.75) is 39.7 Å². The second-order valence-electron chi connectivity index (χ2n) is 6.61. The van der Waals surface area contributed by atoms with Crippen molar-refractivity contribution < 1.29 is 14.3 Å². The molecule has 2 rings (SSSR count). The number of benzene rings is 1. The maximum Gasteiger partial charge on any atom is 0.254 e. The first-order valence-corrected chi connectivity index (χ1v) is 8.59. The van der Waals surface area contributed by atoms with Gasteiger partial charge in [-0.2, -0.15) is 0 Å². The van der Waals surface area contributed by atoms with Gasteiger partial charge in [0.05, 0.1) is 12.5 Å². The minimum Gasteiger partial charge on any atom is -0.383 e. The quantitative estimate of drug-likeness (QED) is 0.842. The van der Waals surface area contributed by atoms with Crippen LogP contribution in [0.3, 0.4) is 0 Å². The number of piperidine rings is 1. The Bertz CT molecular complexity index is 600. The number of nitrogens with zero attached hydrogens (tertiary/aromatic N) is 1. The summed E-state index contributed by atoms with van der Waals surface area (Å²) in [6.45, 7) is 7.53. The molecule has 0 spiro atoms. The maximum atomic E-state index is 13.0. The van der Waals surface area contributed by atoms with E-state index in [0.717, 1.165) is 29.5 Å². The fourth-order valence-corrected chi connectivity index (χ4v) is 3.16. The summed E-state index contributed by atoms with van der Waals surface area (Å²) < 4.78 is 4.96. The van der Waals surface area contributed by atoms with Crippen LogP contribution in [0, 0.1) is 19.8 Å². The summed E-state index contributed by atoms with van der Waals surface area (Å²) in [4.78, 5) is 27.1. The van der Waals surface area contributed by atoms with E-state index >= 15 is 0 Å². The molecule has 0 saturated carbocycles. The van der Waals surface area contributed by atoms with Crippen LogP contribution < -0.4 is 5.32 Å². The van der Waals surface area contributed by atoms with E-state index in [1.54, 1.807) is 7.11 Å². The second kappa shape index (κ2) is 8.29. The lowest BCUT2D eigenvalue weighted by molar-refractivity contribution is -0.126. The smallest absolute Gasteiger partial charge is 0.254 e. The van der Waals surface area contributed by atoms with Crippen LogP contribution in [0.25, 0.3) is 0 Å². The average molecular weight is 332 g/mol. The molecule has 132 valence electrons. The molecular weight excluding hydrogens is 304 g/mol. The number of hydrogen-bond donors (Lipinski definition) is 1. The molecule has 1 aliphatic rings. The normalized spacial score (nSPS) is 20.8. The molecule has 2 atom stereocenters. The summed E-state index contributed by atoms with van der Waals surface area (Å²) in [5, 5.41) is 2.89. The highest BCUT2D eigenvalue weighted by Gasteiger charge is 2.33. The molecule has 5 nitrogen and oxygen atoms in total. The highest BCUT2D eigenvalue weighted by Crippen LogP contribution is 2.25. The van der Waals surface area contributed by atoms with Gasteiger partial charge >= 0.3 is 0 Å². The van der Waals surface area contributed by atoms with Crippen LogP contribution in [-0.2, 0) is 9.53 Å². The van der Waals surface area contributed by atoms with Gasteiger partial charge < -0.3 is 15.0 Å². The zero-order valence-electron chi connectivity index (χ0n) is 15.1. The molecule has 0 unspecified atom stereocenters. The van der Waals surface area contributed by atoms with Gasteiger partial charge in [0.25, 0.3) is 5.91 Å². The van der Waals surface area contributed by atoms with E-state index in [4.69, 9.17) is 4.74 Å². The number of hydrogen-bond acceptors (Lipinski definition) is 3. The predicted octanol–water partition coefficient (Wildman–Crippen LogP) is 2.31. The molecule has 1 aromatic rings. The number of rotatable bonds is 5. The van der Waals surface area contributed by atoms with Gasteiger partial charge in [-0.15, -0.1) is 0 Å². The minimum atomic E-state index is -0.146. The third kappa shape index (κ3) is 4.15. The van der Waals surface area contributed by atoms with Crippen LogP contribution in [0.5, 0.6) is 0 Å². The van der Waals surface area contributed by atoms with Gasteiger partial charge in [-0.25, -0.2) is 0 Å². The Morgan fingerprint density at radius 3 is 2.75 bits per heavy atom. The zero-order valence-corrected chi connectivity index (χ0v) is 15.1. The third-order valence-corrected chi connectivity index (χ3v) is 4.95. The summed E-state index contributed by atoms with van der Waals surface area (Å²) in [5.41, 5.74) is 2.86. The van der Waals surface area contributed by atoms with Gasteiger partial charge in [-0.3, -0.25) is 9.59 Å². The van der Waals surface area contributed by atoms with Gasteiger partial charge in [0.2, 0.25) is 5.91 Å². The van der Waals surface area contributed by atoms with E-state index in [1.807, 2.05) is 36.9 Å². The zero-order chi connectivity index (χ0) is 17.7. The highest BCUT2D eigenvalue weighted by molar-refractivity contribution is 5.96. The summed E-state index contributed by atoms with van der Waals surface area (Å²) >= 11 is 0. The Labute approximate surface area is 144 Å². The number of nitrogens with one attached hydrogen (secondary N) is 1. The Hall–Kier alpha value is -1.88. The molecule has 1 N–H and O–H groups in total. The molecule has 1 saturated heterocycles. The van der Waals surface area contributed by atoms with Crippen molar-refractivity contribution in [3.8, 4) is 0 Å². The van der Waals surface area contributed by atoms with Crippen LogP contribution in [0.15, 0.2) is 18.2 Å². The van der Waals surface area contributed by atoms with E-state index < -0.39 is 0 Å². The molecular formula is C19H28N2O3. The average Bonchev–Trinajstić information content (AvgIpc) is 2.57. The molecule has 1 aromatic carbocycles. The number of carbonyl (C=O) groups is 2. The Kier molecular flexibility index (Phi) is 6.37. The summed E-state index contributed by atoms with van der Waals surface area (Å²) in [6.07, 6.45) is 1.66. The maximum absolute atomic E-state index is 13.0. The van der Waals surface area contributed by atoms with Crippen molar-refractivity contribution in [2.24, 2.45) is 5.92 Å². The van der Waals surface area contributed by atoms with Crippen molar-refractivity contribution in [2.75, 3.05) is 26.8 Å². The number of amides is 2. The molecule has 1 heterocycles. The van der Waals surface area contributed by atoms with Crippen molar-refractivity contribution >= 4 is 11.8 Å². The van der Waals surface area contributed by atoms with Crippen LogP contribution >= 0.6 is 0 Å². The van der Waals surface area contributed by atoms with E-state index in [1.165, 1.54) is 0 Å². The van der Waals surface area contributed by atoms with Gasteiger partial charge in [-0.1, -0.05) is 12.1 Å². The van der Waals surface area contributed by atoms with Crippen molar-refractivity contribution in [3.05, 3.63) is 34.9 Å². The van der Waals surface area contributed by atoms with Gasteiger partial charge in [0, 0.05) is 31.8 Å². The lowest BCUT2D eigenvalue weighted by Crippen LogP contribution is -2.49. The van der Waals surface area contributed by atoms with E-state index in [0.29, 0.717) is 19.7 Å². The molecule has 0 bridgehead atoms. The van der Waals surface area contributed by atoms with Crippen molar-refractivity contribution in [1.29, 1.82) is 0 Å². The molecule has 1 fully saturated rings. The SMILES string of the molecule is COCCNC(=O)[C@H]1CC[C@@H](C)N(C(=O)c2cccc(C)c2C)C1. The predicted molar refractivity (Wildman–Crippen MR) is 94.0 cm³/mol. The van der Waals surface area contributed by atoms with E-state index in [9.17, 15) is 9.59 Å². The van der Waals surface area contributed by atoms with Crippen LogP contribution in [0.4, 0.5) is 0 Å². The van der Waals surface area contributed by atoms with Crippen LogP contribution in [-0.4, -0.2) is 49.6 Å². The van der Waals surface area contributed by atoms with Gasteiger partial charge in [0.1, 0.15) is 0 Å². The molecule has 24 heavy (non-hydrogen) atoms. The monoisotopic (exact) mass is 332 g/mol. The van der Waals surface area contributed by atoms with E-state index in [2.05, 4.69) is 12.2 Å². The molecule has 0 radical (unpaired) electrons. The minimum absolute atomic E-state index is 0.0118. The molecule has 5 heteroatoms. The van der Waals surface area contributed by atoms with Crippen molar-refractivity contribution in [1.82, 2.24) is 10.2 Å². The molecule has 1 aliphatic heterocycles. The third-order valence-electron chi connectivity index (χ3n) is 4.95. The Morgan fingerprint density at radius 1 is 1.29 bits per heavy atom. The largest absolute Gasteiger partial charge is 0.383 e. The van der Waals surface area contributed by atoms with Gasteiger partial charge in [-0.05, 0) is 50.8 Å². The number of carbonyl (C=O) groups excluding carboxylic acids is 2.